The van der Waals surface area contributed by atoms with Gasteiger partial charge < -0.3 is 9.30 Å². The highest BCUT2D eigenvalue weighted by molar-refractivity contribution is 6.26. The van der Waals surface area contributed by atoms with E-state index in [4.69, 9.17) is 0 Å². The minimum absolute atomic E-state index is 0.401. The van der Waals surface area contributed by atoms with Crippen molar-refractivity contribution in [2.45, 2.75) is 5.41 Å². The fourth-order valence-electron chi connectivity index (χ4n) is 10.6. The second-order valence-electron chi connectivity index (χ2n) is 15.4. The van der Waals surface area contributed by atoms with Gasteiger partial charge in [0, 0.05) is 55.9 Å². The molecule has 3 nitrogen and oxygen atoms in total. The number of anilines is 3. The maximum Gasteiger partial charge on any atom is 0.0726 e. The minimum atomic E-state index is -0.401. The molecule has 0 atom stereocenters. The van der Waals surface area contributed by atoms with Gasteiger partial charge in [-0.2, -0.15) is 0 Å². The van der Waals surface area contributed by atoms with Gasteiger partial charge in [0.2, 0.25) is 0 Å². The number of benzene rings is 8. The molecule has 0 radical (unpaired) electrons. The molecule has 0 amide bonds. The number of hydrogen-bond donors (Lipinski definition) is 0. The van der Waals surface area contributed by atoms with Crippen molar-refractivity contribution in [1.29, 1.82) is 0 Å². The second kappa shape index (κ2) is 11.3. The summed E-state index contributed by atoms with van der Waals surface area (Å²) in [5, 5.41) is 5.12. The van der Waals surface area contributed by atoms with Crippen LogP contribution in [0.1, 0.15) is 22.3 Å². The molecule has 11 aromatic rings. The lowest BCUT2D eigenvalue weighted by Gasteiger charge is -2.30. The van der Waals surface area contributed by atoms with Crippen LogP contribution >= 0.6 is 0 Å². The summed E-state index contributed by atoms with van der Waals surface area (Å²) < 4.78 is 2.59. The topological polar surface area (TPSA) is 20.5 Å². The molecule has 3 heteroatoms. The van der Waals surface area contributed by atoms with Crippen molar-refractivity contribution in [2.75, 3.05) is 4.90 Å². The molecule has 3 heterocycles. The van der Waals surface area contributed by atoms with Gasteiger partial charge in [-0.1, -0.05) is 146 Å². The Labute approximate surface area is 329 Å². The maximum atomic E-state index is 4.61. The van der Waals surface area contributed by atoms with Gasteiger partial charge in [0.25, 0.3) is 0 Å². The molecule has 0 bridgehead atoms. The molecule has 0 saturated heterocycles. The predicted octanol–water partition coefficient (Wildman–Crippen LogP) is 13.7. The Morgan fingerprint density at radius 1 is 0.404 bits per heavy atom. The first-order valence-electron chi connectivity index (χ1n) is 19.7. The molecular weight excluding hydrogens is 691 g/mol. The van der Waals surface area contributed by atoms with Crippen molar-refractivity contribution in [3.63, 3.8) is 0 Å². The van der Waals surface area contributed by atoms with Gasteiger partial charge in [-0.05, 0) is 87.5 Å². The third-order valence-electron chi connectivity index (χ3n) is 12.8. The molecule has 2 aliphatic carbocycles. The van der Waals surface area contributed by atoms with E-state index in [1.165, 1.54) is 82.6 Å². The van der Waals surface area contributed by atoms with Crippen molar-refractivity contribution >= 4 is 55.2 Å². The molecular formula is C54H33N3. The van der Waals surface area contributed by atoms with Crippen LogP contribution < -0.4 is 4.90 Å². The van der Waals surface area contributed by atoms with Gasteiger partial charge in [-0.15, -0.1) is 0 Å². The number of para-hydroxylation sites is 2. The monoisotopic (exact) mass is 723 g/mol. The molecule has 0 N–H and O–H groups in total. The molecule has 264 valence electrons. The molecule has 2 aliphatic rings. The molecule has 0 fully saturated rings. The van der Waals surface area contributed by atoms with E-state index in [1.807, 2.05) is 18.3 Å². The Kier molecular flexibility index (Phi) is 6.10. The quantitative estimate of drug-likeness (QED) is 0.180. The lowest BCUT2D eigenvalue weighted by molar-refractivity contribution is 0.794. The normalized spacial score (nSPS) is 13.4. The molecule has 8 aromatic carbocycles. The van der Waals surface area contributed by atoms with Crippen molar-refractivity contribution in [2.24, 2.45) is 0 Å². The number of aromatic nitrogens is 2. The van der Waals surface area contributed by atoms with Crippen molar-refractivity contribution in [3.8, 4) is 33.5 Å². The smallest absolute Gasteiger partial charge is 0.0726 e. The van der Waals surface area contributed by atoms with Crippen molar-refractivity contribution < 1.29 is 0 Å². The van der Waals surface area contributed by atoms with Crippen LogP contribution in [0.2, 0.25) is 0 Å². The molecule has 3 aromatic heterocycles. The third kappa shape index (κ3) is 3.92. The van der Waals surface area contributed by atoms with Gasteiger partial charge in [0.15, 0.2) is 0 Å². The fourth-order valence-corrected chi connectivity index (χ4v) is 10.6. The van der Waals surface area contributed by atoms with E-state index >= 15 is 0 Å². The van der Waals surface area contributed by atoms with Crippen LogP contribution in [0.5, 0.6) is 0 Å². The van der Waals surface area contributed by atoms with Gasteiger partial charge in [-0.25, -0.2) is 0 Å². The fraction of sp³-hybridized carbons (Fsp3) is 0.0185. The largest absolute Gasteiger partial charge is 0.310 e. The van der Waals surface area contributed by atoms with Gasteiger partial charge in [0.1, 0.15) is 0 Å². The summed E-state index contributed by atoms with van der Waals surface area (Å²) in [6, 6.07) is 71.6. The van der Waals surface area contributed by atoms with Crippen LogP contribution in [-0.2, 0) is 5.41 Å². The van der Waals surface area contributed by atoms with Crippen LogP contribution in [0.15, 0.2) is 200 Å². The Hall–Kier alpha value is -7.49. The van der Waals surface area contributed by atoms with Crippen molar-refractivity contribution in [1.82, 2.24) is 9.38 Å². The Morgan fingerprint density at radius 3 is 1.70 bits per heavy atom. The lowest BCUT2D eigenvalue weighted by atomic mass is 9.70. The van der Waals surface area contributed by atoms with Crippen LogP contribution in [0.25, 0.3) is 71.6 Å². The zero-order chi connectivity index (χ0) is 37.2. The lowest BCUT2D eigenvalue weighted by Crippen LogP contribution is -2.25. The Balaban J connectivity index is 1.11. The van der Waals surface area contributed by atoms with E-state index < -0.39 is 5.41 Å². The van der Waals surface area contributed by atoms with E-state index in [9.17, 15) is 0 Å². The average Bonchev–Trinajstić information content (AvgIpc) is 3.99. The van der Waals surface area contributed by atoms with E-state index in [1.54, 1.807) is 0 Å². The highest BCUT2D eigenvalue weighted by Crippen LogP contribution is 2.64. The highest BCUT2D eigenvalue weighted by atomic mass is 15.1. The van der Waals surface area contributed by atoms with Crippen LogP contribution in [0.4, 0.5) is 17.1 Å². The van der Waals surface area contributed by atoms with E-state index in [2.05, 4.69) is 196 Å². The highest BCUT2D eigenvalue weighted by Gasteiger charge is 2.52. The molecule has 1 spiro atoms. The summed E-state index contributed by atoms with van der Waals surface area (Å²) in [6.45, 7) is 0. The standard InChI is InChI=1S/C54H33N3/c1-2-13-35(14-3-1)56(36-26-24-34(25-27-36)49-23-10-11-32-55-49)37-28-29-40-41-18-12-19-42-43-30-31-48-51(53(43)57(52(41)42)50(40)33-37)44-17-6-9-22-47(44)54(48)45-20-7-4-15-38(45)39-16-5-8-21-46(39)54/h1-33H. The molecule has 57 heavy (non-hydrogen) atoms. The zero-order valence-electron chi connectivity index (χ0n) is 30.9. The van der Waals surface area contributed by atoms with E-state index in [-0.39, 0.29) is 0 Å². The summed E-state index contributed by atoms with van der Waals surface area (Å²) in [4.78, 5) is 6.98. The first kappa shape index (κ1) is 30.8. The Bertz CT molecular complexity index is 3350. The number of pyridine rings is 1. The minimum Gasteiger partial charge on any atom is -0.310 e. The van der Waals surface area contributed by atoms with Gasteiger partial charge in [-0.3, -0.25) is 4.98 Å². The summed E-state index contributed by atoms with van der Waals surface area (Å²) >= 11 is 0. The molecule has 0 saturated carbocycles. The van der Waals surface area contributed by atoms with E-state index in [0.29, 0.717) is 0 Å². The third-order valence-corrected chi connectivity index (χ3v) is 12.8. The summed E-state index contributed by atoms with van der Waals surface area (Å²) in [6.07, 6.45) is 1.85. The summed E-state index contributed by atoms with van der Waals surface area (Å²) in [7, 11) is 0. The van der Waals surface area contributed by atoms with E-state index in [0.717, 1.165) is 28.3 Å². The molecule has 0 aliphatic heterocycles. The average molecular weight is 724 g/mol. The molecule has 0 unspecified atom stereocenters. The van der Waals surface area contributed by atoms with Crippen LogP contribution in [-0.4, -0.2) is 9.38 Å². The number of hydrogen-bond acceptors (Lipinski definition) is 2. The summed E-state index contributed by atoms with van der Waals surface area (Å²) in [5.74, 6) is 0. The summed E-state index contributed by atoms with van der Waals surface area (Å²) in [5.41, 5.74) is 19.5. The van der Waals surface area contributed by atoms with Crippen LogP contribution in [0, 0.1) is 0 Å². The second-order valence-corrected chi connectivity index (χ2v) is 15.4. The van der Waals surface area contributed by atoms with Crippen molar-refractivity contribution in [3.05, 3.63) is 223 Å². The number of nitrogens with zero attached hydrogens (tertiary/aromatic N) is 3. The SMILES string of the molecule is c1ccc(N(c2ccc(-c3ccccn3)cc2)c2ccc3c4cccc5c6ccc7c(c6n(c3c2)c45)-c2ccccc2C72c3ccccc3-c3ccccc32)cc1. The zero-order valence-corrected chi connectivity index (χ0v) is 30.9. The maximum absolute atomic E-state index is 4.61. The first-order chi connectivity index (χ1) is 28.3. The van der Waals surface area contributed by atoms with Crippen LogP contribution in [0.3, 0.4) is 0 Å². The predicted molar refractivity (Wildman–Crippen MR) is 235 cm³/mol. The number of fused-ring (bicyclic) bond motifs is 17. The van der Waals surface area contributed by atoms with Gasteiger partial charge >= 0.3 is 0 Å². The number of rotatable bonds is 4. The van der Waals surface area contributed by atoms with Gasteiger partial charge in [0.05, 0.1) is 27.7 Å². The first-order valence-corrected chi connectivity index (χ1v) is 19.7. The Morgan fingerprint density at radius 2 is 0.982 bits per heavy atom. The molecule has 13 rings (SSSR count).